The van der Waals surface area contributed by atoms with Gasteiger partial charge in [0.15, 0.2) is 5.69 Å². The zero-order chi connectivity index (χ0) is 24.6. The Hall–Kier alpha value is -3.32. The molecular weight excluding hydrogens is 438 g/mol. The lowest BCUT2D eigenvalue weighted by molar-refractivity contribution is 0.0958. The number of aromatic nitrogens is 2. The van der Waals surface area contributed by atoms with Crippen LogP contribution in [0.5, 0.6) is 5.75 Å². The highest BCUT2D eigenvalue weighted by molar-refractivity contribution is 6.05. The number of rotatable bonds is 4. The monoisotopic (exact) mass is 473 g/mol. The Balaban J connectivity index is 1.48. The highest BCUT2D eigenvalue weighted by Crippen LogP contribution is 2.36. The molecule has 1 aromatic heterocycles. The Labute approximate surface area is 207 Å². The van der Waals surface area contributed by atoms with Gasteiger partial charge in [-0.05, 0) is 37.4 Å². The Morgan fingerprint density at radius 1 is 1.06 bits per heavy atom. The number of H-pyrrole nitrogens is 1. The van der Waals surface area contributed by atoms with E-state index >= 15 is 0 Å². The first-order chi connectivity index (χ1) is 16.8. The van der Waals surface area contributed by atoms with E-state index in [0.29, 0.717) is 12.3 Å². The summed E-state index contributed by atoms with van der Waals surface area (Å²) in [5, 5.41) is 7.46. The highest BCUT2D eigenvalue weighted by Gasteiger charge is 2.34. The minimum Gasteiger partial charge on any atom is -0.491 e. The molecule has 1 saturated heterocycles. The summed E-state index contributed by atoms with van der Waals surface area (Å²) in [6.07, 6.45) is 0.731. The van der Waals surface area contributed by atoms with Crippen LogP contribution in [-0.2, 0) is 11.8 Å². The van der Waals surface area contributed by atoms with Crippen molar-refractivity contribution < 1.29 is 9.53 Å². The van der Waals surface area contributed by atoms with Gasteiger partial charge in [-0.25, -0.2) is 0 Å². The number of fused-ring (bicyclic) bond motifs is 1. The van der Waals surface area contributed by atoms with E-state index in [4.69, 9.17) is 4.74 Å². The van der Waals surface area contributed by atoms with Gasteiger partial charge in [-0.3, -0.25) is 9.89 Å². The number of amides is 1. The van der Waals surface area contributed by atoms with Gasteiger partial charge in [0.25, 0.3) is 5.91 Å². The largest absolute Gasteiger partial charge is 0.491 e. The molecule has 35 heavy (non-hydrogen) atoms. The number of benzene rings is 2. The van der Waals surface area contributed by atoms with Crippen LogP contribution in [0, 0.1) is 0 Å². The molecular formula is C28H35N5O2. The van der Waals surface area contributed by atoms with Crippen LogP contribution in [-0.4, -0.2) is 66.9 Å². The van der Waals surface area contributed by atoms with Gasteiger partial charge in [-0.15, -0.1) is 0 Å². The van der Waals surface area contributed by atoms with E-state index in [-0.39, 0.29) is 17.4 Å². The summed E-state index contributed by atoms with van der Waals surface area (Å²) < 4.78 is 6.28. The molecule has 0 saturated carbocycles. The van der Waals surface area contributed by atoms with Crippen LogP contribution in [0.4, 0.5) is 11.4 Å². The van der Waals surface area contributed by atoms with Crippen molar-refractivity contribution in [2.75, 3.05) is 49.6 Å². The first-order valence-electron chi connectivity index (χ1n) is 12.4. The summed E-state index contributed by atoms with van der Waals surface area (Å²) in [7, 11) is 2.17. The van der Waals surface area contributed by atoms with E-state index < -0.39 is 0 Å². The third-order valence-electron chi connectivity index (χ3n) is 7.05. The van der Waals surface area contributed by atoms with Crippen molar-refractivity contribution in [1.29, 1.82) is 0 Å². The highest BCUT2D eigenvalue weighted by atomic mass is 16.5. The van der Waals surface area contributed by atoms with Crippen molar-refractivity contribution in [3.8, 4) is 5.75 Å². The number of aromatic amines is 1. The normalized spacial score (nSPS) is 18.6. The van der Waals surface area contributed by atoms with E-state index in [1.807, 2.05) is 47.4 Å². The fraction of sp³-hybridized carbons (Fsp3) is 0.429. The van der Waals surface area contributed by atoms with Crippen LogP contribution in [0.3, 0.4) is 0 Å². The average molecular weight is 474 g/mol. The predicted molar refractivity (Wildman–Crippen MR) is 140 cm³/mol. The summed E-state index contributed by atoms with van der Waals surface area (Å²) in [6.45, 7) is 10.8. The quantitative estimate of drug-likeness (QED) is 0.618. The second kappa shape index (κ2) is 9.38. The van der Waals surface area contributed by atoms with Gasteiger partial charge in [0.1, 0.15) is 12.4 Å². The maximum atomic E-state index is 13.9. The van der Waals surface area contributed by atoms with Gasteiger partial charge in [0, 0.05) is 60.6 Å². The third-order valence-corrected chi connectivity index (χ3v) is 7.05. The zero-order valence-corrected chi connectivity index (χ0v) is 21.1. The third kappa shape index (κ3) is 4.78. The number of ether oxygens (including phenoxy) is 1. The summed E-state index contributed by atoms with van der Waals surface area (Å²) >= 11 is 0. The van der Waals surface area contributed by atoms with Gasteiger partial charge in [0.2, 0.25) is 0 Å². The average Bonchev–Trinajstić information content (AvgIpc) is 3.36. The van der Waals surface area contributed by atoms with Gasteiger partial charge in [0.05, 0.1) is 6.04 Å². The number of likely N-dealkylation sites (N-methyl/N-ethyl adjacent to an activating group) is 1. The van der Waals surface area contributed by atoms with Gasteiger partial charge in [-0.1, -0.05) is 45.0 Å². The standard InChI is InChI=1S/C28H35N5O2/c1-28(2,3)26-18-23(29-30-26)27(34)33(20-9-6-5-7-10-20)21-17-22-24(11-8-12-25(22)35-19-21)32-15-13-31(4)14-16-32/h5-12,18,21H,13-17,19H2,1-4H3,(H,29,30)/t21-/m0/s1. The lowest BCUT2D eigenvalue weighted by Gasteiger charge is -2.39. The SMILES string of the molecule is CN1CCN(c2cccc3c2C[C@H](N(C(=O)c2cc(C(C)(C)C)[nH]n2)c2ccccc2)CO3)CC1. The Morgan fingerprint density at radius 3 is 2.49 bits per heavy atom. The fourth-order valence-electron chi connectivity index (χ4n) is 4.91. The number of nitrogens with one attached hydrogen (secondary N) is 1. The molecule has 2 aliphatic rings. The molecule has 7 heteroatoms. The lowest BCUT2D eigenvalue weighted by atomic mass is 9.92. The number of nitrogens with zero attached hydrogens (tertiary/aromatic N) is 4. The minimum atomic E-state index is -0.138. The molecule has 0 bridgehead atoms. The predicted octanol–water partition coefficient (Wildman–Crippen LogP) is 4.11. The van der Waals surface area contributed by atoms with Crippen molar-refractivity contribution in [3.63, 3.8) is 0 Å². The molecule has 3 aromatic rings. The van der Waals surface area contributed by atoms with Gasteiger partial charge < -0.3 is 19.4 Å². The summed E-state index contributed by atoms with van der Waals surface area (Å²) in [6, 6.07) is 17.9. The number of hydrogen-bond acceptors (Lipinski definition) is 5. The first-order valence-corrected chi connectivity index (χ1v) is 12.4. The van der Waals surface area contributed by atoms with Crippen LogP contribution >= 0.6 is 0 Å². The molecule has 184 valence electrons. The molecule has 1 amide bonds. The molecule has 2 aromatic carbocycles. The summed E-state index contributed by atoms with van der Waals surface area (Å²) in [5.74, 6) is 0.810. The maximum absolute atomic E-state index is 13.9. The number of carbonyl (C=O) groups excluding carboxylic acids is 1. The number of anilines is 2. The van der Waals surface area contributed by atoms with Gasteiger partial charge >= 0.3 is 0 Å². The van der Waals surface area contributed by atoms with Crippen molar-refractivity contribution in [2.45, 2.75) is 38.6 Å². The Kier molecular flexibility index (Phi) is 6.28. The van der Waals surface area contributed by atoms with Crippen LogP contribution < -0.4 is 14.5 Å². The molecule has 3 heterocycles. The summed E-state index contributed by atoms with van der Waals surface area (Å²) in [5.41, 5.74) is 4.50. The molecule has 1 fully saturated rings. The zero-order valence-electron chi connectivity index (χ0n) is 21.1. The van der Waals surface area contributed by atoms with Crippen molar-refractivity contribution >= 4 is 17.3 Å². The summed E-state index contributed by atoms with van der Waals surface area (Å²) in [4.78, 5) is 20.6. The van der Waals surface area contributed by atoms with Crippen LogP contribution in [0.2, 0.25) is 0 Å². The molecule has 0 aliphatic carbocycles. The minimum absolute atomic E-state index is 0.114. The van der Waals surface area contributed by atoms with Crippen molar-refractivity contribution in [2.24, 2.45) is 0 Å². The van der Waals surface area contributed by atoms with E-state index in [1.54, 1.807) is 0 Å². The van der Waals surface area contributed by atoms with Crippen LogP contribution in [0.25, 0.3) is 0 Å². The smallest absolute Gasteiger partial charge is 0.279 e. The lowest BCUT2D eigenvalue weighted by Crippen LogP contribution is -2.48. The van der Waals surface area contributed by atoms with Crippen LogP contribution in [0.15, 0.2) is 54.6 Å². The topological polar surface area (TPSA) is 64.7 Å². The second-order valence-electron chi connectivity index (χ2n) is 10.6. The molecule has 7 nitrogen and oxygen atoms in total. The first kappa shape index (κ1) is 23.4. The van der Waals surface area contributed by atoms with Crippen LogP contribution in [0.1, 0.15) is 42.5 Å². The molecule has 5 rings (SSSR count). The number of piperazine rings is 1. The molecule has 0 radical (unpaired) electrons. The van der Waals surface area contributed by atoms with E-state index in [2.05, 4.69) is 59.9 Å². The van der Waals surface area contributed by atoms with Crippen molar-refractivity contribution in [3.05, 3.63) is 71.5 Å². The van der Waals surface area contributed by atoms with E-state index in [0.717, 1.165) is 49.7 Å². The molecule has 0 spiro atoms. The molecule has 1 N–H and O–H groups in total. The Morgan fingerprint density at radius 2 is 1.80 bits per heavy atom. The second-order valence-corrected chi connectivity index (χ2v) is 10.6. The molecule has 0 unspecified atom stereocenters. The Bertz CT molecular complexity index is 1180. The maximum Gasteiger partial charge on any atom is 0.279 e. The van der Waals surface area contributed by atoms with Gasteiger partial charge in [-0.2, -0.15) is 5.10 Å². The van der Waals surface area contributed by atoms with E-state index in [9.17, 15) is 4.79 Å². The molecule has 1 atom stereocenters. The van der Waals surface area contributed by atoms with Crippen molar-refractivity contribution in [1.82, 2.24) is 15.1 Å². The number of para-hydroxylation sites is 1. The number of hydrogen-bond donors (Lipinski definition) is 1. The van der Waals surface area contributed by atoms with E-state index in [1.165, 1.54) is 11.3 Å². The number of carbonyl (C=O) groups is 1. The molecule has 2 aliphatic heterocycles. The fourth-order valence-corrected chi connectivity index (χ4v) is 4.91.